The number of aliphatic hydroxyl groups excluding tert-OH is 1. The molecule has 1 aromatic heterocycles. The number of hydrogen-bond donors (Lipinski definition) is 3. The molecular weight excluding hydrogens is 447 g/mol. The zero-order valence-electron chi connectivity index (χ0n) is 16.3. The molecule has 2 unspecified atom stereocenters. The SMILES string of the molecule is CCNC(=NCC1(CCO)CCOC1)NCC(C)c1c(C)noc1C.I. The summed E-state index contributed by atoms with van der Waals surface area (Å²) in [6.45, 7) is 11.9. The van der Waals surface area contributed by atoms with E-state index >= 15 is 0 Å². The number of aryl methyl sites for hydroxylation is 2. The van der Waals surface area contributed by atoms with Crippen LogP contribution in [0.5, 0.6) is 0 Å². The maximum Gasteiger partial charge on any atom is 0.191 e. The van der Waals surface area contributed by atoms with Gasteiger partial charge >= 0.3 is 0 Å². The largest absolute Gasteiger partial charge is 0.396 e. The van der Waals surface area contributed by atoms with Gasteiger partial charge in [-0.15, -0.1) is 24.0 Å². The van der Waals surface area contributed by atoms with E-state index in [1.807, 2.05) is 13.8 Å². The molecule has 8 heteroatoms. The molecule has 3 N–H and O–H groups in total. The van der Waals surface area contributed by atoms with Crippen molar-refractivity contribution in [2.24, 2.45) is 10.4 Å². The number of rotatable bonds is 8. The minimum Gasteiger partial charge on any atom is -0.396 e. The lowest BCUT2D eigenvalue weighted by Crippen LogP contribution is -2.40. The molecule has 26 heavy (non-hydrogen) atoms. The van der Waals surface area contributed by atoms with Crippen LogP contribution in [0.25, 0.3) is 0 Å². The molecule has 0 saturated carbocycles. The molecule has 0 amide bonds. The molecule has 1 aliphatic heterocycles. The Hall–Kier alpha value is -0.870. The zero-order valence-corrected chi connectivity index (χ0v) is 18.6. The van der Waals surface area contributed by atoms with Crippen molar-refractivity contribution in [1.82, 2.24) is 15.8 Å². The number of ether oxygens (including phenoxy) is 1. The number of aliphatic imine (C=N–C) groups is 1. The topological polar surface area (TPSA) is 91.9 Å². The fourth-order valence-electron chi connectivity index (χ4n) is 3.42. The van der Waals surface area contributed by atoms with Gasteiger partial charge in [0.1, 0.15) is 5.76 Å². The van der Waals surface area contributed by atoms with Crippen LogP contribution in [0.3, 0.4) is 0 Å². The summed E-state index contributed by atoms with van der Waals surface area (Å²) in [5, 5.41) is 20.1. The van der Waals surface area contributed by atoms with Gasteiger partial charge in [0.25, 0.3) is 0 Å². The van der Waals surface area contributed by atoms with Gasteiger partial charge in [0.05, 0.1) is 18.8 Å². The van der Waals surface area contributed by atoms with Crippen LogP contribution in [0, 0.1) is 19.3 Å². The molecule has 1 aromatic rings. The van der Waals surface area contributed by atoms with Crippen LogP contribution < -0.4 is 10.6 Å². The average Bonchev–Trinajstić information content (AvgIpc) is 3.17. The molecule has 7 nitrogen and oxygen atoms in total. The van der Waals surface area contributed by atoms with Gasteiger partial charge in [-0.2, -0.15) is 0 Å². The highest BCUT2D eigenvalue weighted by atomic mass is 127. The maximum atomic E-state index is 9.34. The summed E-state index contributed by atoms with van der Waals surface area (Å²) in [4.78, 5) is 4.75. The van der Waals surface area contributed by atoms with E-state index in [0.717, 1.165) is 55.5 Å². The highest BCUT2D eigenvalue weighted by molar-refractivity contribution is 14.0. The van der Waals surface area contributed by atoms with Crippen LogP contribution in [0.15, 0.2) is 9.52 Å². The van der Waals surface area contributed by atoms with E-state index in [-0.39, 0.29) is 41.9 Å². The molecule has 0 aromatic carbocycles. The molecule has 0 aliphatic carbocycles. The lowest BCUT2D eigenvalue weighted by molar-refractivity contribution is 0.131. The third kappa shape index (κ3) is 6.09. The summed E-state index contributed by atoms with van der Waals surface area (Å²) in [6, 6.07) is 0. The van der Waals surface area contributed by atoms with Crippen LogP contribution in [0.2, 0.25) is 0 Å². The lowest BCUT2D eigenvalue weighted by atomic mass is 9.84. The number of aromatic nitrogens is 1. The number of aliphatic hydroxyl groups is 1. The lowest BCUT2D eigenvalue weighted by Gasteiger charge is -2.25. The molecule has 0 bridgehead atoms. The summed E-state index contributed by atoms with van der Waals surface area (Å²) in [5.74, 6) is 1.94. The van der Waals surface area contributed by atoms with E-state index in [1.54, 1.807) is 0 Å². The van der Waals surface area contributed by atoms with E-state index < -0.39 is 0 Å². The molecule has 2 atom stereocenters. The van der Waals surface area contributed by atoms with E-state index in [0.29, 0.717) is 13.2 Å². The van der Waals surface area contributed by atoms with E-state index in [4.69, 9.17) is 14.3 Å². The molecule has 2 rings (SSSR count). The molecule has 0 radical (unpaired) electrons. The molecule has 150 valence electrons. The van der Waals surface area contributed by atoms with Gasteiger partial charge in [0.2, 0.25) is 0 Å². The molecule has 1 fully saturated rings. The Balaban J connectivity index is 0.00000338. The quantitative estimate of drug-likeness (QED) is 0.301. The number of nitrogens with zero attached hydrogens (tertiary/aromatic N) is 2. The van der Waals surface area contributed by atoms with Crippen molar-refractivity contribution >= 4 is 29.9 Å². The Morgan fingerprint density at radius 2 is 2.15 bits per heavy atom. The minimum atomic E-state index is -0.0373. The Bertz CT molecular complexity index is 551. The summed E-state index contributed by atoms with van der Waals surface area (Å²) < 4.78 is 10.8. The Labute approximate surface area is 173 Å². The van der Waals surface area contributed by atoms with Gasteiger partial charge in [0.15, 0.2) is 5.96 Å². The fraction of sp³-hybridized carbons (Fsp3) is 0.778. The summed E-state index contributed by atoms with van der Waals surface area (Å²) in [5.41, 5.74) is 2.06. The van der Waals surface area contributed by atoms with Gasteiger partial charge in [-0.3, -0.25) is 4.99 Å². The first-order valence-electron chi connectivity index (χ1n) is 9.15. The minimum absolute atomic E-state index is 0. The summed E-state index contributed by atoms with van der Waals surface area (Å²) in [6.07, 6.45) is 1.68. The normalized spacial score (nSPS) is 21.3. The second kappa shape index (κ2) is 11.1. The van der Waals surface area contributed by atoms with Gasteiger partial charge in [-0.25, -0.2) is 0 Å². The van der Waals surface area contributed by atoms with Gasteiger partial charge in [-0.1, -0.05) is 12.1 Å². The number of nitrogens with one attached hydrogen (secondary N) is 2. The molecular formula is C18H33IN4O3. The third-order valence-corrected chi connectivity index (χ3v) is 4.90. The van der Waals surface area contributed by atoms with Gasteiger partial charge < -0.3 is 25.0 Å². The van der Waals surface area contributed by atoms with Crippen LogP contribution in [0.1, 0.15) is 49.6 Å². The van der Waals surface area contributed by atoms with Gasteiger partial charge in [-0.05, 0) is 33.6 Å². The Morgan fingerprint density at radius 3 is 2.69 bits per heavy atom. The van der Waals surface area contributed by atoms with Crippen molar-refractivity contribution in [1.29, 1.82) is 0 Å². The second-order valence-corrected chi connectivity index (χ2v) is 6.99. The van der Waals surface area contributed by atoms with E-state index in [2.05, 4.69) is 29.6 Å². The summed E-state index contributed by atoms with van der Waals surface area (Å²) in [7, 11) is 0. The standard InChI is InChI=1S/C18H32N4O3.HI/c1-5-19-17(21-11-18(6-8-23)7-9-24-12-18)20-10-13(2)16-14(3)22-25-15(16)4;/h13,23H,5-12H2,1-4H3,(H2,19,20,21);1H. The highest BCUT2D eigenvalue weighted by Gasteiger charge is 2.34. The van der Waals surface area contributed by atoms with Crippen LogP contribution in [-0.4, -0.2) is 55.7 Å². The van der Waals surface area contributed by atoms with Crippen molar-refractivity contribution in [3.05, 3.63) is 17.0 Å². The smallest absolute Gasteiger partial charge is 0.191 e. The fourth-order valence-corrected chi connectivity index (χ4v) is 3.42. The monoisotopic (exact) mass is 480 g/mol. The first-order valence-corrected chi connectivity index (χ1v) is 9.15. The van der Waals surface area contributed by atoms with E-state index in [9.17, 15) is 5.11 Å². The van der Waals surface area contributed by atoms with Crippen molar-refractivity contribution in [3.63, 3.8) is 0 Å². The molecule has 1 aliphatic rings. The average molecular weight is 480 g/mol. The Morgan fingerprint density at radius 1 is 1.38 bits per heavy atom. The third-order valence-electron chi connectivity index (χ3n) is 4.90. The first-order chi connectivity index (χ1) is 12.0. The number of halogens is 1. The van der Waals surface area contributed by atoms with Gasteiger partial charge in [0, 0.05) is 43.2 Å². The zero-order chi connectivity index (χ0) is 18.3. The van der Waals surface area contributed by atoms with E-state index in [1.165, 1.54) is 0 Å². The van der Waals surface area contributed by atoms with Crippen LogP contribution >= 0.6 is 24.0 Å². The maximum absolute atomic E-state index is 9.34. The molecule has 2 heterocycles. The van der Waals surface area contributed by atoms with Crippen molar-refractivity contribution in [2.45, 2.75) is 46.5 Å². The first kappa shape index (κ1) is 23.2. The molecule has 0 spiro atoms. The van der Waals surface area contributed by atoms with Crippen LogP contribution in [-0.2, 0) is 4.74 Å². The van der Waals surface area contributed by atoms with Crippen molar-refractivity contribution in [3.8, 4) is 0 Å². The number of hydrogen-bond acceptors (Lipinski definition) is 5. The second-order valence-electron chi connectivity index (χ2n) is 6.99. The highest BCUT2D eigenvalue weighted by Crippen LogP contribution is 2.32. The van der Waals surface area contributed by atoms with Crippen LogP contribution in [0.4, 0.5) is 0 Å². The van der Waals surface area contributed by atoms with Crippen molar-refractivity contribution in [2.75, 3.05) is 39.5 Å². The predicted octanol–water partition coefficient (Wildman–Crippen LogP) is 2.36. The Kier molecular flexibility index (Phi) is 9.88. The summed E-state index contributed by atoms with van der Waals surface area (Å²) >= 11 is 0. The van der Waals surface area contributed by atoms with Crippen molar-refractivity contribution < 1.29 is 14.4 Å². The predicted molar refractivity (Wildman–Crippen MR) is 113 cm³/mol. The molecule has 1 saturated heterocycles. The number of guanidine groups is 1.